The van der Waals surface area contributed by atoms with E-state index in [1.54, 1.807) is 0 Å². The van der Waals surface area contributed by atoms with Gasteiger partial charge in [-0.05, 0) is 6.42 Å². The molecular formula is C4H8Na2O2. The van der Waals surface area contributed by atoms with Crippen molar-refractivity contribution in [3.8, 4) is 0 Å². The molecule has 0 heterocycles. The minimum absolute atomic E-state index is 0. The molecular weight excluding hydrogens is 126 g/mol. The van der Waals surface area contributed by atoms with Crippen molar-refractivity contribution in [3.05, 3.63) is 0 Å². The summed E-state index contributed by atoms with van der Waals surface area (Å²) in [7, 11) is 0. The van der Waals surface area contributed by atoms with Gasteiger partial charge in [0.25, 0.3) is 0 Å². The predicted octanol–water partition coefficient (Wildman–Crippen LogP) is 0.109. The maximum Gasteiger partial charge on any atom is 0.303 e. The van der Waals surface area contributed by atoms with Gasteiger partial charge in [-0.1, -0.05) is 6.92 Å². The van der Waals surface area contributed by atoms with E-state index >= 15 is 0 Å². The summed E-state index contributed by atoms with van der Waals surface area (Å²) in [6.45, 7) is 1.84. The predicted molar refractivity (Wildman–Crippen MR) is 34.1 cm³/mol. The number of aliphatic carboxylic acids is 1. The monoisotopic (exact) mass is 134 g/mol. The third-order valence-corrected chi connectivity index (χ3v) is 0.464. The molecule has 2 nitrogen and oxygen atoms in total. The van der Waals surface area contributed by atoms with Gasteiger partial charge in [0.05, 0.1) is 0 Å². The number of carboxylic acids is 1. The van der Waals surface area contributed by atoms with E-state index in [0.29, 0.717) is 6.42 Å². The van der Waals surface area contributed by atoms with Crippen molar-refractivity contribution in [2.45, 2.75) is 19.8 Å². The molecule has 0 spiro atoms. The van der Waals surface area contributed by atoms with Crippen LogP contribution in [0.15, 0.2) is 0 Å². The van der Waals surface area contributed by atoms with E-state index in [9.17, 15) is 4.79 Å². The van der Waals surface area contributed by atoms with Gasteiger partial charge in [0.2, 0.25) is 0 Å². The second-order valence-corrected chi connectivity index (χ2v) is 1.14. The van der Waals surface area contributed by atoms with Gasteiger partial charge in [0.1, 0.15) is 0 Å². The van der Waals surface area contributed by atoms with Gasteiger partial charge in [-0.3, -0.25) is 4.79 Å². The number of rotatable bonds is 2. The maximum atomic E-state index is 9.60. The topological polar surface area (TPSA) is 37.3 Å². The standard InChI is InChI=1S/C4H8O2.2Na/c1-2-3-4(5)6;;/h2-3H2,1H3,(H,5,6);;. The quantitative estimate of drug-likeness (QED) is 0.544. The van der Waals surface area contributed by atoms with Crippen LogP contribution in [0.2, 0.25) is 0 Å². The van der Waals surface area contributed by atoms with Crippen molar-refractivity contribution in [2.75, 3.05) is 0 Å². The number of hydrogen-bond donors (Lipinski definition) is 1. The Bertz CT molecular complexity index is 56.0. The molecule has 0 aromatic rings. The Hall–Kier alpha value is 1.47. The van der Waals surface area contributed by atoms with Crippen molar-refractivity contribution in [1.82, 2.24) is 0 Å². The van der Waals surface area contributed by atoms with Gasteiger partial charge in [-0.15, -0.1) is 0 Å². The molecule has 0 amide bonds. The van der Waals surface area contributed by atoms with Crippen LogP contribution in [0.3, 0.4) is 0 Å². The van der Waals surface area contributed by atoms with E-state index in [1.807, 2.05) is 6.92 Å². The molecule has 0 aromatic heterocycles. The van der Waals surface area contributed by atoms with E-state index in [2.05, 4.69) is 0 Å². The SMILES string of the molecule is CCCC(=O)O.[Na].[Na]. The van der Waals surface area contributed by atoms with E-state index in [4.69, 9.17) is 5.11 Å². The average molecular weight is 134 g/mol. The smallest absolute Gasteiger partial charge is 0.303 e. The molecule has 0 rings (SSSR count). The van der Waals surface area contributed by atoms with Crippen LogP contribution < -0.4 is 0 Å². The molecule has 2 radical (unpaired) electrons. The van der Waals surface area contributed by atoms with Gasteiger partial charge >= 0.3 is 5.97 Å². The van der Waals surface area contributed by atoms with Crippen LogP contribution in [0.4, 0.5) is 0 Å². The van der Waals surface area contributed by atoms with Gasteiger partial charge in [0.15, 0.2) is 0 Å². The number of hydrogen-bond acceptors (Lipinski definition) is 1. The van der Waals surface area contributed by atoms with Gasteiger partial charge < -0.3 is 5.11 Å². The fourth-order valence-corrected chi connectivity index (χ4v) is 0.214. The van der Waals surface area contributed by atoms with Crippen LogP contribution in [-0.2, 0) is 4.79 Å². The summed E-state index contributed by atoms with van der Waals surface area (Å²) in [5.41, 5.74) is 0. The summed E-state index contributed by atoms with van der Waals surface area (Å²) < 4.78 is 0. The van der Waals surface area contributed by atoms with Crippen LogP contribution in [0, 0.1) is 0 Å². The van der Waals surface area contributed by atoms with Crippen LogP contribution >= 0.6 is 0 Å². The second-order valence-electron chi connectivity index (χ2n) is 1.14. The van der Waals surface area contributed by atoms with Crippen molar-refractivity contribution >= 4 is 65.1 Å². The molecule has 0 fully saturated rings. The van der Waals surface area contributed by atoms with Crippen LogP contribution in [0.1, 0.15) is 19.8 Å². The Morgan fingerprint density at radius 3 is 1.88 bits per heavy atom. The van der Waals surface area contributed by atoms with Crippen molar-refractivity contribution in [2.24, 2.45) is 0 Å². The van der Waals surface area contributed by atoms with Gasteiger partial charge in [0, 0.05) is 65.5 Å². The third kappa shape index (κ3) is 15.6. The Kier molecular flexibility index (Phi) is 22.9. The zero-order valence-electron chi connectivity index (χ0n) is 5.77. The minimum atomic E-state index is -0.711. The van der Waals surface area contributed by atoms with E-state index < -0.39 is 5.97 Å². The maximum absolute atomic E-state index is 9.60. The van der Waals surface area contributed by atoms with Crippen molar-refractivity contribution in [1.29, 1.82) is 0 Å². The van der Waals surface area contributed by atoms with Gasteiger partial charge in [-0.2, -0.15) is 0 Å². The van der Waals surface area contributed by atoms with Gasteiger partial charge in [-0.25, -0.2) is 0 Å². The van der Waals surface area contributed by atoms with Crippen LogP contribution in [-0.4, -0.2) is 70.2 Å². The van der Waals surface area contributed by atoms with E-state index in [1.165, 1.54) is 0 Å². The third-order valence-electron chi connectivity index (χ3n) is 0.464. The van der Waals surface area contributed by atoms with Crippen molar-refractivity contribution in [3.63, 3.8) is 0 Å². The van der Waals surface area contributed by atoms with E-state index in [-0.39, 0.29) is 59.1 Å². The summed E-state index contributed by atoms with van der Waals surface area (Å²) in [5.74, 6) is -0.711. The van der Waals surface area contributed by atoms with E-state index in [0.717, 1.165) is 6.42 Å². The zero-order valence-corrected chi connectivity index (χ0v) is 9.77. The molecule has 0 atom stereocenters. The molecule has 0 aromatic carbocycles. The Morgan fingerprint density at radius 1 is 1.50 bits per heavy atom. The largest absolute Gasteiger partial charge is 0.481 e. The molecule has 4 heteroatoms. The molecule has 38 valence electrons. The molecule has 8 heavy (non-hydrogen) atoms. The summed E-state index contributed by atoms with van der Waals surface area (Å²) in [6, 6.07) is 0. The summed E-state index contributed by atoms with van der Waals surface area (Å²) >= 11 is 0. The fraction of sp³-hybridized carbons (Fsp3) is 0.750. The van der Waals surface area contributed by atoms with Crippen LogP contribution in [0.25, 0.3) is 0 Å². The first-order valence-corrected chi connectivity index (χ1v) is 1.99. The molecule has 0 unspecified atom stereocenters. The van der Waals surface area contributed by atoms with Crippen LogP contribution in [0.5, 0.6) is 0 Å². The number of carboxylic acid groups (broad SMARTS) is 1. The zero-order chi connectivity index (χ0) is 4.99. The van der Waals surface area contributed by atoms with Crippen molar-refractivity contribution < 1.29 is 9.90 Å². The molecule has 0 bridgehead atoms. The Labute approximate surface area is 93.6 Å². The minimum Gasteiger partial charge on any atom is -0.481 e. The molecule has 0 saturated carbocycles. The Morgan fingerprint density at radius 2 is 1.88 bits per heavy atom. The molecule has 0 saturated heterocycles. The average Bonchev–Trinajstić information content (AvgIpc) is 1.35. The molecule has 0 aliphatic rings. The fourth-order valence-electron chi connectivity index (χ4n) is 0.214. The molecule has 0 aliphatic heterocycles. The summed E-state index contributed by atoms with van der Waals surface area (Å²) in [5, 5.41) is 7.91. The second kappa shape index (κ2) is 11.3. The molecule has 1 N–H and O–H groups in total. The first-order valence-electron chi connectivity index (χ1n) is 1.99. The first kappa shape index (κ1) is 16.2. The summed E-state index contributed by atoms with van der Waals surface area (Å²) in [6.07, 6.45) is 1.02. The normalized spacial score (nSPS) is 6.12. The summed E-state index contributed by atoms with van der Waals surface area (Å²) in [4.78, 5) is 9.60. The number of carbonyl (C=O) groups is 1. The first-order chi connectivity index (χ1) is 2.77. The Balaban J connectivity index is -0.000000125. The molecule has 0 aliphatic carbocycles.